The van der Waals surface area contributed by atoms with Crippen LogP contribution >= 0.6 is 23.2 Å². The van der Waals surface area contributed by atoms with E-state index in [1.54, 1.807) is 30.5 Å². The minimum Gasteiger partial charge on any atom is -0.393 e. The van der Waals surface area contributed by atoms with E-state index in [-0.39, 0.29) is 23.0 Å². The van der Waals surface area contributed by atoms with Crippen LogP contribution in [0.15, 0.2) is 47.5 Å². The third kappa shape index (κ3) is 4.33. The van der Waals surface area contributed by atoms with Gasteiger partial charge in [0.05, 0.1) is 29.6 Å². The van der Waals surface area contributed by atoms with Crippen molar-refractivity contribution < 1.29 is 13.5 Å². The Labute approximate surface area is 190 Å². The van der Waals surface area contributed by atoms with Crippen LogP contribution < -0.4 is 0 Å². The summed E-state index contributed by atoms with van der Waals surface area (Å²) >= 11 is 12.2. The van der Waals surface area contributed by atoms with E-state index in [9.17, 15) is 13.5 Å². The zero-order valence-corrected chi connectivity index (χ0v) is 18.5. The predicted molar refractivity (Wildman–Crippen MR) is 120 cm³/mol. The molecular formula is C21H18Cl2N4O3S. The van der Waals surface area contributed by atoms with Crippen molar-refractivity contribution in [2.75, 3.05) is 13.1 Å². The molecule has 0 bridgehead atoms. The van der Waals surface area contributed by atoms with Crippen molar-refractivity contribution in [3.05, 3.63) is 64.1 Å². The van der Waals surface area contributed by atoms with Gasteiger partial charge in [-0.3, -0.25) is 0 Å². The van der Waals surface area contributed by atoms with Crippen LogP contribution in [0.4, 0.5) is 5.69 Å². The van der Waals surface area contributed by atoms with E-state index in [0.29, 0.717) is 40.6 Å². The molecule has 1 fully saturated rings. The predicted octanol–water partition coefficient (Wildman–Crippen LogP) is 4.75. The minimum absolute atomic E-state index is 0.00258. The smallest absolute Gasteiger partial charge is 0.244 e. The summed E-state index contributed by atoms with van der Waals surface area (Å²) in [5.41, 5.74) is 2.30. The molecule has 1 aliphatic rings. The van der Waals surface area contributed by atoms with E-state index >= 15 is 0 Å². The number of aliphatic hydroxyl groups excluding tert-OH is 1. The van der Waals surface area contributed by atoms with E-state index in [4.69, 9.17) is 29.8 Å². The quantitative estimate of drug-likeness (QED) is 0.531. The second-order valence-corrected chi connectivity index (χ2v) is 9.92. The van der Waals surface area contributed by atoms with Gasteiger partial charge in [0.25, 0.3) is 0 Å². The molecule has 31 heavy (non-hydrogen) atoms. The normalized spacial score (nSPS) is 15.7. The third-order valence-corrected chi connectivity index (χ3v) is 7.90. The molecule has 1 aliphatic heterocycles. The number of aromatic amines is 1. The van der Waals surface area contributed by atoms with Crippen LogP contribution in [0.1, 0.15) is 12.8 Å². The van der Waals surface area contributed by atoms with Gasteiger partial charge in [0, 0.05) is 23.7 Å². The summed E-state index contributed by atoms with van der Waals surface area (Å²) in [6.45, 7) is 7.70. The number of nitrogens with zero attached hydrogens (tertiary/aromatic N) is 3. The Morgan fingerprint density at radius 1 is 1.10 bits per heavy atom. The van der Waals surface area contributed by atoms with Crippen molar-refractivity contribution >= 4 is 38.9 Å². The lowest BCUT2D eigenvalue weighted by molar-refractivity contribution is 0.113. The fourth-order valence-corrected chi connectivity index (χ4v) is 5.58. The Morgan fingerprint density at radius 3 is 2.48 bits per heavy atom. The van der Waals surface area contributed by atoms with Gasteiger partial charge < -0.3 is 10.1 Å². The van der Waals surface area contributed by atoms with Crippen LogP contribution in [0.25, 0.3) is 27.5 Å². The van der Waals surface area contributed by atoms with Crippen LogP contribution in [-0.4, -0.2) is 47.0 Å². The SMILES string of the molecule is [C-]#[N+]c1cc(-c2cnc(-c3ccc(Cl)c(S(=O)(=O)N4CCC(O)CC4)c3)[nH]2)ccc1Cl. The molecule has 0 aliphatic carbocycles. The standard InChI is InChI=1S/C21H18Cl2N4O3S/c1-24-18-10-13(2-4-16(18)22)19-12-25-21(26-19)14-3-5-17(23)20(11-14)31(29,30)27-8-6-15(28)7-9-27/h2-5,10-12,15,28H,6-9H2,(H,25,26). The maximum Gasteiger partial charge on any atom is 0.244 e. The molecule has 0 amide bonds. The Morgan fingerprint density at radius 2 is 1.77 bits per heavy atom. The molecule has 4 rings (SSSR count). The maximum absolute atomic E-state index is 13.1. The van der Waals surface area contributed by atoms with Gasteiger partial charge in [-0.05, 0) is 42.7 Å². The molecular weight excluding hydrogens is 459 g/mol. The second kappa shape index (κ2) is 8.61. The monoisotopic (exact) mass is 476 g/mol. The summed E-state index contributed by atoms with van der Waals surface area (Å²) in [7, 11) is -3.81. The average molecular weight is 477 g/mol. The lowest BCUT2D eigenvalue weighted by atomic mass is 10.1. The van der Waals surface area contributed by atoms with Crippen LogP contribution in [-0.2, 0) is 10.0 Å². The van der Waals surface area contributed by atoms with Gasteiger partial charge >= 0.3 is 0 Å². The number of nitrogens with one attached hydrogen (secondary N) is 1. The number of aromatic nitrogens is 2. The zero-order valence-electron chi connectivity index (χ0n) is 16.2. The van der Waals surface area contributed by atoms with E-state index in [1.807, 2.05) is 0 Å². The number of sulfonamides is 1. The first-order valence-electron chi connectivity index (χ1n) is 9.50. The summed E-state index contributed by atoms with van der Waals surface area (Å²) in [5, 5.41) is 10.2. The molecule has 0 radical (unpaired) electrons. The van der Waals surface area contributed by atoms with E-state index < -0.39 is 16.1 Å². The highest BCUT2D eigenvalue weighted by atomic mass is 35.5. The van der Waals surface area contributed by atoms with Gasteiger partial charge in [-0.15, -0.1) is 0 Å². The summed E-state index contributed by atoms with van der Waals surface area (Å²) in [4.78, 5) is 10.9. The Hall–Kier alpha value is -2.41. The summed E-state index contributed by atoms with van der Waals surface area (Å²) in [6, 6.07) is 9.80. The Bertz CT molecular complexity index is 1280. The number of rotatable bonds is 4. The molecule has 0 saturated carbocycles. The number of imidazole rings is 1. The highest BCUT2D eigenvalue weighted by molar-refractivity contribution is 7.89. The van der Waals surface area contributed by atoms with E-state index in [2.05, 4.69) is 14.8 Å². The summed E-state index contributed by atoms with van der Waals surface area (Å²) in [6.07, 6.45) is 1.92. The van der Waals surface area contributed by atoms with Gasteiger partial charge in [-0.1, -0.05) is 35.3 Å². The van der Waals surface area contributed by atoms with Crippen LogP contribution in [0.5, 0.6) is 0 Å². The number of piperidine rings is 1. The lowest BCUT2D eigenvalue weighted by Gasteiger charge is -2.29. The Kier molecular flexibility index (Phi) is 6.06. The maximum atomic E-state index is 13.1. The molecule has 0 atom stereocenters. The van der Waals surface area contributed by atoms with Gasteiger partial charge in [-0.2, -0.15) is 4.31 Å². The zero-order chi connectivity index (χ0) is 22.2. The first-order valence-corrected chi connectivity index (χ1v) is 11.7. The van der Waals surface area contributed by atoms with Gasteiger partial charge in [0.2, 0.25) is 15.7 Å². The first-order chi connectivity index (χ1) is 14.8. The van der Waals surface area contributed by atoms with Crippen molar-refractivity contribution in [3.8, 4) is 22.6 Å². The van der Waals surface area contributed by atoms with Gasteiger partial charge in [0.15, 0.2) is 0 Å². The van der Waals surface area contributed by atoms with Gasteiger partial charge in [-0.25, -0.2) is 18.2 Å². The molecule has 7 nitrogen and oxygen atoms in total. The van der Waals surface area contributed by atoms with E-state index in [1.165, 1.54) is 16.4 Å². The van der Waals surface area contributed by atoms with Crippen molar-refractivity contribution in [3.63, 3.8) is 0 Å². The first kappa shape index (κ1) is 21.8. The molecule has 2 N–H and O–H groups in total. The Balaban J connectivity index is 1.67. The van der Waals surface area contributed by atoms with Crippen molar-refractivity contribution in [1.29, 1.82) is 0 Å². The highest BCUT2D eigenvalue weighted by Gasteiger charge is 2.30. The number of hydrogen-bond donors (Lipinski definition) is 2. The number of H-pyrrole nitrogens is 1. The average Bonchev–Trinajstić information content (AvgIpc) is 3.25. The van der Waals surface area contributed by atoms with Crippen molar-refractivity contribution in [2.24, 2.45) is 0 Å². The molecule has 1 saturated heterocycles. The van der Waals surface area contributed by atoms with Crippen LogP contribution in [0.2, 0.25) is 10.0 Å². The third-order valence-electron chi connectivity index (χ3n) is 5.20. The number of halogens is 2. The largest absolute Gasteiger partial charge is 0.393 e. The molecule has 1 aromatic heterocycles. The summed E-state index contributed by atoms with van der Waals surface area (Å²) in [5.74, 6) is 0.469. The van der Waals surface area contributed by atoms with Crippen LogP contribution in [0.3, 0.4) is 0 Å². The molecule has 10 heteroatoms. The lowest BCUT2D eigenvalue weighted by Crippen LogP contribution is -2.40. The van der Waals surface area contributed by atoms with E-state index in [0.717, 1.165) is 5.56 Å². The molecule has 0 unspecified atom stereocenters. The van der Waals surface area contributed by atoms with Crippen LogP contribution in [0, 0.1) is 6.57 Å². The molecule has 2 aromatic carbocycles. The van der Waals surface area contributed by atoms with Crippen molar-refractivity contribution in [2.45, 2.75) is 23.8 Å². The minimum atomic E-state index is -3.81. The molecule has 0 spiro atoms. The number of benzene rings is 2. The second-order valence-electron chi connectivity index (χ2n) is 7.20. The van der Waals surface area contributed by atoms with Crippen molar-refractivity contribution in [1.82, 2.24) is 14.3 Å². The fourth-order valence-electron chi connectivity index (χ4n) is 3.45. The number of hydrogen-bond acceptors (Lipinski definition) is 4. The topological polar surface area (TPSA) is 90.7 Å². The molecule has 160 valence electrons. The summed E-state index contributed by atoms with van der Waals surface area (Å²) < 4.78 is 27.6. The number of aliphatic hydroxyl groups is 1. The molecule has 2 heterocycles. The van der Waals surface area contributed by atoms with Gasteiger partial charge in [0.1, 0.15) is 10.7 Å². The fraction of sp³-hybridized carbons (Fsp3) is 0.238. The molecule has 3 aromatic rings. The highest BCUT2D eigenvalue weighted by Crippen LogP contribution is 2.33.